The highest BCUT2D eigenvalue weighted by molar-refractivity contribution is 7.99. The van der Waals surface area contributed by atoms with Crippen LogP contribution in [-0.2, 0) is 4.79 Å². The Bertz CT molecular complexity index is 758. The molecule has 0 bridgehead atoms. The van der Waals surface area contributed by atoms with Gasteiger partial charge in [0, 0.05) is 23.1 Å². The zero-order chi connectivity index (χ0) is 18.9. The molecule has 142 valence electrons. The summed E-state index contributed by atoms with van der Waals surface area (Å²) in [6.07, 6.45) is 6.07. The Balaban J connectivity index is 1.53. The third-order valence-corrected chi connectivity index (χ3v) is 5.74. The fraction of sp³-hybridized carbons (Fsp3) is 0.364. The van der Waals surface area contributed by atoms with Gasteiger partial charge in [0.15, 0.2) is 0 Å². The molecule has 2 aromatic carbocycles. The number of carbonyl (C=O) groups is 2. The molecule has 1 aliphatic carbocycles. The first-order valence-electron chi connectivity index (χ1n) is 9.60. The predicted octanol–water partition coefficient (Wildman–Crippen LogP) is 4.87. The van der Waals surface area contributed by atoms with Crippen molar-refractivity contribution in [3.8, 4) is 0 Å². The van der Waals surface area contributed by atoms with Gasteiger partial charge >= 0.3 is 0 Å². The zero-order valence-corrected chi connectivity index (χ0v) is 16.3. The minimum Gasteiger partial charge on any atom is -0.349 e. The number of amides is 2. The largest absolute Gasteiger partial charge is 0.349 e. The third-order valence-electron chi connectivity index (χ3n) is 4.73. The van der Waals surface area contributed by atoms with E-state index in [0.717, 1.165) is 17.7 Å². The fourth-order valence-corrected chi connectivity index (χ4v) is 4.16. The zero-order valence-electron chi connectivity index (χ0n) is 15.4. The summed E-state index contributed by atoms with van der Waals surface area (Å²) in [6.45, 7) is 0. The lowest BCUT2D eigenvalue weighted by Gasteiger charge is -2.23. The Kier molecular flexibility index (Phi) is 7.34. The van der Waals surface area contributed by atoms with E-state index >= 15 is 0 Å². The summed E-state index contributed by atoms with van der Waals surface area (Å²) in [5.74, 6) is 0.527. The average molecular weight is 383 g/mol. The van der Waals surface area contributed by atoms with E-state index in [2.05, 4.69) is 10.6 Å². The first kappa shape index (κ1) is 19.5. The lowest BCUT2D eigenvalue weighted by Crippen LogP contribution is -2.36. The van der Waals surface area contributed by atoms with Crippen LogP contribution >= 0.6 is 11.8 Å². The van der Waals surface area contributed by atoms with E-state index in [-0.39, 0.29) is 17.9 Å². The highest BCUT2D eigenvalue weighted by Gasteiger charge is 2.19. The van der Waals surface area contributed by atoms with Crippen molar-refractivity contribution in [1.82, 2.24) is 5.32 Å². The summed E-state index contributed by atoms with van der Waals surface area (Å²) in [7, 11) is 0. The number of benzene rings is 2. The molecule has 1 saturated carbocycles. The summed E-state index contributed by atoms with van der Waals surface area (Å²) >= 11 is 1.65. The molecule has 4 nitrogen and oxygen atoms in total. The lowest BCUT2D eigenvalue weighted by atomic mass is 9.95. The first-order valence-corrected chi connectivity index (χ1v) is 10.6. The molecule has 0 radical (unpaired) electrons. The van der Waals surface area contributed by atoms with Crippen LogP contribution in [-0.4, -0.2) is 23.6 Å². The monoisotopic (exact) mass is 382 g/mol. The lowest BCUT2D eigenvalue weighted by molar-refractivity contribution is -0.115. The second-order valence-corrected chi connectivity index (χ2v) is 7.98. The molecular formula is C22H26N2O2S. The standard InChI is InChI=1S/C22H26N2O2S/c25-21(15-16-27-18-11-5-2-6-12-18)24-20-14-8-7-13-19(20)22(26)23-17-9-3-1-4-10-17/h2,5-8,11-14,17H,1,3-4,9-10,15-16H2,(H,23,26)(H,24,25). The summed E-state index contributed by atoms with van der Waals surface area (Å²) in [5, 5.41) is 6.02. The van der Waals surface area contributed by atoms with Gasteiger partial charge in [0.2, 0.25) is 5.91 Å². The van der Waals surface area contributed by atoms with Crippen molar-refractivity contribution in [2.75, 3.05) is 11.1 Å². The Hall–Kier alpha value is -2.27. The maximum atomic E-state index is 12.6. The Morgan fingerprint density at radius 1 is 0.926 bits per heavy atom. The number of nitrogens with one attached hydrogen (secondary N) is 2. The molecule has 27 heavy (non-hydrogen) atoms. The minimum atomic E-state index is -0.100. The van der Waals surface area contributed by atoms with Crippen LogP contribution in [0.1, 0.15) is 48.9 Å². The SMILES string of the molecule is O=C(CCSc1ccccc1)Nc1ccccc1C(=O)NC1CCCCC1. The Labute approximate surface area is 165 Å². The van der Waals surface area contributed by atoms with Gasteiger partial charge in [-0.3, -0.25) is 9.59 Å². The number of rotatable bonds is 7. The smallest absolute Gasteiger partial charge is 0.253 e. The normalized spacial score (nSPS) is 14.5. The number of thioether (sulfide) groups is 1. The van der Waals surface area contributed by atoms with Gasteiger partial charge in [0.25, 0.3) is 5.91 Å². The number of hydrogen-bond acceptors (Lipinski definition) is 3. The molecule has 5 heteroatoms. The maximum absolute atomic E-state index is 12.6. The van der Waals surface area contributed by atoms with Crippen molar-refractivity contribution >= 4 is 29.3 Å². The number of anilines is 1. The van der Waals surface area contributed by atoms with Crippen molar-refractivity contribution in [3.63, 3.8) is 0 Å². The van der Waals surface area contributed by atoms with E-state index in [1.54, 1.807) is 23.9 Å². The minimum absolute atomic E-state index is 0.0728. The van der Waals surface area contributed by atoms with Crippen molar-refractivity contribution in [1.29, 1.82) is 0 Å². The van der Waals surface area contributed by atoms with Gasteiger partial charge in [-0.2, -0.15) is 0 Å². The maximum Gasteiger partial charge on any atom is 0.253 e. The number of carbonyl (C=O) groups excluding carboxylic acids is 2. The van der Waals surface area contributed by atoms with E-state index in [0.29, 0.717) is 23.4 Å². The average Bonchev–Trinajstić information content (AvgIpc) is 2.70. The fourth-order valence-electron chi connectivity index (χ4n) is 3.29. The highest BCUT2D eigenvalue weighted by Crippen LogP contribution is 2.21. The van der Waals surface area contributed by atoms with Crippen molar-refractivity contribution in [2.45, 2.75) is 49.5 Å². The van der Waals surface area contributed by atoms with Gasteiger partial charge in [-0.25, -0.2) is 0 Å². The van der Waals surface area contributed by atoms with E-state index < -0.39 is 0 Å². The predicted molar refractivity (Wildman–Crippen MR) is 111 cm³/mol. The van der Waals surface area contributed by atoms with Crippen LogP contribution in [0.25, 0.3) is 0 Å². The topological polar surface area (TPSA) is 58.2 Å². The van der Waals surface area contributed by atoms with Crippen molar-refractivity contribution in [3.05, 3.63) is 60.2 Å². The van der Waals surface area contributed by atoms with Gasteiger partial charge < -0.3 is 10.6 Å². The van der Waals surface area contributed by atoms with E-state index in [1.807, 2.05) is 42.5 Å². The number of para-hydroxylation sites is 1. The molecule has 1 fully saturated rings. The van der Waals surface area contributed by atoms with Crippen molar-refractivity contribution in [2.24, 2.45) is 0 Å². The quantitative estimate of drug-likeness (QED) is 0.672. The Morgan fingerprint density at radius 2 is 1.63 bits per heavy atom. The van der Waals surface area contributed by atoms with Crippen LogP contribution in [0, 0.1) is 0 Å². The molecule has 0 saturated heterocycles. The third kappa shape index (κ3) is 6.14. The van der Waals surface area contributed by atoms with Gasteiger partial charge in [-0.15, -0.1) is 11.8 Å². The summed E-state index contributed by atoms with van der Waals surface area (Å²) in [6, 6.07) is 17.5. The molecule has 2 amide bonds. The van der Waals surface area contributed by atoms with Crippen LogP contribution in [0.5, 0.6) is 0 Å². The molecule has 0 aliphatic heterocycles. The van der Waals surface area contributed by atoms with Gasteiger partial charge in [0.1, 0.15) is 0 Å². The van der Waals surface area contributed by atoms with Gasteiger partial charge in [-0.05, 0) is 37.1 Å². The van der Waals surface area contributed by atoms with Crippen molar-refractivity contribution < 1.29 is 9.59 Å². The molecular weight excluding hydrogens is 356 g/mol. The van der Waals surface area contributed by atoms with Crippen LogP contribution in [0.15, 0.2) is 59.5 Å². The highest BCUT2D eigenvalue weighted by atomic mass is 32.2. The van der Waals surface area contributed by atoms with Crippen LogP contribution < -0.4 is 10.6 Å². The van der Waals surface area contributed by atoms with Gasteiger partial charge in [-0.1, -0.05) is 49.6 Å². The van der Waals surface area contributed by atoms with Crippen LogP contribution in [0.4, 0.5) is 5.69 Å². The molecule has 0 spiro atoms. The summed E-state index contributed by atoms with van der Waals surface area (Å²) in [4.78, 5) is 26.1. The first-order chi connectivity index (χ1) is 13.2. The van der Waals surface area contributed by atoms with Crippen LogP contribution in [0.2, 0.25) is 0 Å². The molecule has 0 aromatic heterocycles. The summed E-state index contributed by atoms with van der Waals surface area (Å²) in [5.41, 5.74) is 1.12. The molecule has 0 unspecified atom stereocenters. The second kappa shape index (κ2) is 10.2. The Morgan fingerprint density at radius 3 is 2.41 bits per heavy atom. The van der Waals surface area contributed by atoms with Gasteiger partial charge in [0.05, 0.1) is 11.3 Å². The van der Waals surface area contributed by atoms with E-state index in [9.17, 15) is 9.59 Å². The summed E-state index contributed by atoms with van der Waals surface area (Å²) < 4.78 is 0. The molecule has 0 atom stereocenters. The van der Waals surface area contributed by atoms with Crippen LogP contribution in [0.3, 0.4) is 0 Å². The molecule has 2 N–H and O–H groups in total. The second-order valence-electron chi connectivity index (χ2n) is 6.81. The van der Waals surface area contributed by atoms with E-state index in [4.69, 9.17) is 0 Å². The molecule has 2 aromatic rings. The molecule has 3 rings (SSSR count). The molecule has 0 heterocycles. The van der Waals surface area contributed by atoms with E-state index in [1.165, 1.54) is 19.3 Å². The molecule has 1 aliphatic rings. The number of hydrogen-bond donors (Lipinski definition) is 2.